The molecule has 1 aromatic carbocycles. The third kappa shape index (κ3) is 6.22. The van der Waals surface area contributed by atoms with Crippen LogP contribution in [0.4, 0.5) is 0 Å². The van der Waals surface area contributed by atoms with Crippen molar-refractivity contribution in [1.82, 2.24) is 4.90 Å². The number of esters is 1. The van der Waals surface area contributed by atoms with Gasteiger partial charge in [0, 0.05) is 6.54 Å². The Morgan fingerprint density at radius 3 is 3.00 bits per heavy atom. The lowest BCUT2D eigenvalue weighted by Gasteiger charge is -2.31. The van der Waals surface area contributed by atoms with E-state index >= 15 is 0 Å². The van der Waals surface area contributed by atoms with Gasteiger partial charge in [0.25, 0.3) is 0 Å². The molecule has 1 atom stereocenters. The van der Waals surface area contributed by atoms with E-state index in [1.165, 1.54) is 5.56 Å². The van der Waals surface area contributed by atoms with Gasteiger partial charge in [0.05, 0.1) is 19.1 Å². The first kappa shape index (κ1) is 17.8. The zero-order chi connectivity index (χ0) is 16.5. The molecule has 0 aliphatic carbocycles. The van der Waals surface area contributed by atoms with Crippen LogP contribution >= 0.6 is 0 Å². The predicted octanol–water partition coefficient (Wildman–Crippen LogP) is 3.43. The minimum absolute atomic E-state index is 0.0278. The molecule has 1 aromatic rings. The lowest BCUT2D eigenvalue weighted by Crippen LogP contribution is -2.39. The fourth-order valence-corrected chi connectivity index (χ4v) is 3.04. The van der Waals surface area contributed by atoms with Crippen molar-refractivity contribution >= 4 is 5.97 Å². The lowest BCUT2D eigenvalue weighted by molar-refractivity contribution is -0.149. The van der Waals surface area contributed by atoms with Crippen LogP contribution in [0.25, 0.3) is 0 Å². The first-order valence-electron chi connectivity index (χ1n) is 8.77. The highest BCUT2D eigenvalue weighted by Gasteiger charge is 2.26. The normalized spacial score (nSPS) is 18.6. The second-order valence-corrected chi connectivity index (χ2v) is 6.26. The van der Waals surface area contributed by atoms with Crippen LogP contribution in [0.1, 0.15) is 38.2 Å². The summed E-state index contributed by atoms with van der Waals surface area (Å²) in [4.78, 5) is 14.2. The topological polar surface area (TPSA) is 38.8 Å². The zero-order valence-corrected chi connectivity index (χ0v) is 14.4. The van der Waals surface area contributed by atoms with Crippen LogP contribution in [0.5, 0.6) is 5.75 Å². The Balaban J connectivity index is 1.61. The van der Waals surface area contributed by atoms with E-state index in [4.69, 9.17) is 9.47 Å². The van der Waals surface area contributed by atoms with E-state index in [1.807, 2.05) is 19.1 Å². The molecule has 1 fully saturated rings. The summed E-state index contributed by atoms with van der Waals surface area (Å²) in [6.07, 6.45) is 4.19. The molecule has 0 aromatic heterocycles. The maximum atomic E-state index is 11.8. The summed E-state index contributed by atoms with van der Waals surface area (Å²) in [7, 11) is 0. The number of hydrogen-bond acceptors (Lipinski definition) is 4. The van der Waals surface area contributed by atoms with Crippen molar-refractivity contribution < 1.29 is 14.3 Å². The Morgan fingerprint density at radius 2 is 2.22 bits per heavy atom. The van der Waals surface area contributed by atoms with Gasteiger partial charge >= 0.3 is 5.97 Å². The SMILES string of the molecule is CCOC(=O)C1CCCN(CCCCOc2cccc(C)c2)C1. The molecular formula is C19H29NO3. The molecule has 4 nitrogen and oxygen atoms in total. The van der Waals surface area contributed by atoms with E-state index in [0.717, 1.165) is 57.7 Å². The summed E-state index contributed by atoms with van der Waals surface area (Å²) < 4.78 is 10.9. The third-order valence-corrected chi connectivity index (χ3v) is 4.25. The summed E-state index contributed by atoms with van der Waals surface area (Å²) in [6, 6.07) is 8.16. The minimum Gasteiger partial charge on any atom is -0.494 e. The monoisotopic (exact) mass is 319 g/mol. The number of likely N-dealkylation sites (tertiary alicyclic amines) is 1. The van der Waals surface area contributed by atoms with Crippen molar-refractivity contribution in [3.63, 3.8) is 0 Å². The van der Waals surface area contributed by atoms with Crippen LogP contribution in [0, 0.1) is 12.8 Å². The molecule has 0 spiro atoms. The smallest absolute Gasteiger partial charge is 0.310 e. The van der Waals surface area contributed by atoms with E-state index in [1.54, 1.807) is 0 Å². The van der Waals surface area contributed by atoms with Crippen LogP contribution < -0.4 is 4.74 Å². The van der Waals surface area contributed by atoms with E-state index < -0.39 is 0 Å². The first-order chi connectivity index (χ1) is 11.2. The minimum atomic E-state index is -0.0278. The molecule has 1 unspecified atom stereocenters. The summed E-state index contributed by atoms with van der Waals surface area (Å²) in [5, 5.41) is 0. The largest absolute Gasteiger partial charge is 0.494 e. The van der Waals surface area contributed by atoms with Gasteiger partial charge < -0.3 is 14.4 Å². The summed E-state index contributed by atoms with van der Waals surface area (Å²) in [5.74, 6) is 0.984. The highest BCUT2D eigenvalue weighted by atomic mass is 16.5. The van der Waals surface area contributed by atoms with Crippen molar-refractivity contribution in [2.45, 2.75) is 39.5 Å². The van der Waals surface area contributed by atoms with Crippen LogP contribution in [-0.2, 0) is 9.53 Å². The number of carbonyl (C=O) groups excluding carboxylic acids is 1. The van der Waals surface area contributed by atoms with Gasteiger partial charge in [0.15, 0.2) is 0 Å². The van der Waals surface area contributed by atoms with Crippen molar-refractivity contribution in [2.24, 2.45) is 5.92 Å². The van der Waals surface area contributed by atoms with Crippen LogP contribution in [0.2, 0.25) is 0 Å². The molecule has 128 valence electrons. The number of piperidine rings is 1. The van der Waals surface area contributed by atoms with Crippen molar-refractivity contribution in [3.05, 3.63) is 29.8 Å². The molecule has 1 saturated heterocycles. The second-order valence-electron chi connectivity index (χ2n) is 6.26. The predicted molar refractivity (Wildman–Crippen MR) is 91.7 cm³/mol. The molecule has 0 bridgehead atoms. The quantitative estimate of drug-likeness (QED) is 0.543. The molecular weight excluding hydrogens is 290 g/mol. The molecule has 2 rings (SSSR count). The van der Waals surface area contributed by atoms with Crippen LogP contribution in [-0.4, -0.2) is 43.7 Å². The zero-order valence-electron chi connectivity index (χ0n) is 14.4. The number of hydrogen-bond donors (Lipinski definition) is 0. The fraction of sp³-hybridized carbons (Fsp3) is 0.632. The van der Waals surface area contributed by atoms with Gasteiger partial charge in [0.2, 0.25) is 0 Å². The molecule has 1 aliphatic rings. The van der Waals surface area contributed by atoms with Crippen molar-refractivity contribution in [1.29, 1.82) is 0 Å². The average molecular weight is 319 g/mol. The molecule has 0 amide bonds. The van der Waals surface area contributed by atoms with E-state index in [2.05, 4.69) is 24.0 Å². The Kier molecular flexibility index (Phi) is 7.40. The summed E-state index contributed by atoms with van der Waals surface area (Å²) >= 11 is 0. The summed E-state index contributed by atoms with van der Waals surface area (Å²) in [6.45, 7) is 8.14. The van der Waals surface area contributed by atoms with Crippen molar-refractivity contribution in [3.8, 4) is 5.75 Å². The van der Waals surface area contributed by atoms with E-state index in [0.29, 0.717) is 6.61 Å². The number of nitrogens with zero attached hydrogens (tertiary/aromatic N) is 1. The number of carbonyl (C=O) groups is 1. The highest BCUT2D eigenvalue weighted by Crippen LogP contribution is 2.18. The van der Waals surface area contributed by atoms with Crippen LogP contribution in [0.15, 0.2) is 24.3 Å². The molecule has 0 N–H and O–H groups in total. The van der Waals surface area contributed by atoms with Gasteiger partial charge in [0.1, 0.15) is 5.75 Å². The maximum absolute atomic E-state index is 11.8. The second kappa shape index (κ2) is 9.56. The number of benzene rings is 1. The first-order valence-corrected chi connectivity index (χ1v) is 8.77. The molecule has 23 heavy (non-hydrogen) atoms. The average Bonchev–Trinajstić information content (AvgIpc) is 2.55. The van der Waals surface area contributed by atoms with Crippen LogP contribution in [0.3, 0.4) is 0 Å². The lowest BCUT2D eigenvalue weighted by atomic mass is 9.98. The standard InChI is InChI=1S/C19H29NO3/c1-3-22-19(21)17-9-7-12-20(15-17)11-4-5-13-23-18-10-6-8-16(2)14-18/h6,8,10,14,17H,3-5,7,9,11-13,15H2,1-2H3. The van der Waals surface area contributed by atoms with Gasteiger partial charge in [-0.25, -0.2) is 0 Å². The Labute approximate surface area is 139 Å². The number of unbranched alkanes of at least 4 members (excludes halogenated alkanes) is 1. The van der Waals surface area contributed by atoms with Gasteiger partial charge in [-0.15, -0.1) is 0 Å². The van der Waals surface area contributed by atoms with Gasteiger partial charge in [-0.3, -0.25) is 4.79 Å². The maximum Gasteiger partial charge on any atom is 0.310 e. The molecule has 4 heteroatoms. The molecule has 0 saturated carbocycles. The van der Waals surface area contributed by atoms with Gasteiger partial charge in [-0.2, -0.15) is 0 Å². The Hall–Kier alpha value is -1.55. The fourth-order valence-electron chi connectivity index (χ4n) is 3.04. The molecule has 0 radical (unpaired) electrons. The third-order valence-electron chi connectivity index (χ3n) is 4.25. The van der Waals surface area contributed by atoms with E-state index in [9.17, 15) is 4.79 Å². The van der Waals surface area contributed by atoms with E-state index in [-0.39, 0.29) is 11.9 Å². The van der Waals surface area contributed by atoms with Gasteiger partial charge in [-0.05, 0) is 70.3 Å². The molecule has 1 heterocycles. The number of ether oxygens (including phenoxy) is 2. The van der Waals surface area contributed by atoms with Gasteiger partial charge in [-0.1, -0.05) is 12.1 Å². The molecule has 1 aliphatic heterocycles. The number of rotatable bonds is 8. The highest BCUT2D eigenvalue weighted by molar-refractivity contribution is 5.72. The summed E-state index contributed by atoms with van der Waals surface area (Å²) in [5.41, 5.74) is 1.22. The Morgan fingerprint density at radius 1 is 1.35 bits per heavy atom. The number of aryl methyl sites for hydroxylation is 1. The van der Waals surface area contributed by atoms with Crippen molar-refractivity contribution in [2.75, 3.05) is 32.8 Å². The Bertz CT molecular complexity index is 489.